The van der Waals surface area contributed by atoms with Gasteiger partial charge in [-0.15, -0.1) is 0 Å². The van der Waals surface area contributed by atoms with E-state index in [1.165, 1.54) is 6.07 Å². The van der Waals surface area contributed by atoms with Crippen LogP contribution in [0.5, 0.6) is 0 Å². The van der Waals surface area contributed by atoms with E-state index in [2.05, 4.69) is 5.32 Å². The smallest absolute Gasteiger partial charge is 0.340 e. The summed E-state index contributed by atoms with van der Waals surface area (Å²) in [5.41, 5.74) is 5.32. The van der Waals surface area contributed by atoms with Crippen LogP contribution in [0.3, 0.4) is 0 Å². The SMILES string of the molecule is Nc1cc([N+](=O)[O-])ccc1C(=O)OCC(=O)NC1CCCC1. The maximum atomic E-state index is 11.8. The number of rotatable bonds is 5. The number of benzene rings is 1. The largest absolute Gasteiger partial charge is 0.452 e. The standard InChI is InChI=1S/C14H17N3O5/c15-12-7-10(17(20)21)5-6-11(12)14(19)22-8-13(18)16-9-3-1-2-4-9/h5-7,9H,1-4,8,15H2,(H,16,18). The lowest BCUT2D eigenvalue weighted by atomic mass is 10.1. The van der Waals surface area contributed by atoms with Gasteiger partial charge in [0.15, 0.2) is 6.61 Å². The number of nitro groups is 1. The van der Waals surface area contributed by atoms with Crippen molar-refractivity contribution in [3.63, 3.8) is 0 Å². The number of hydrogen-bond acceptors (Lipinski definition) is 6. The molecule has 1 aromatic carbocycles. The number of amides is 1. The van der Waals surface area contributed by atoms with Crippen LogP contribution >= 0.6 is 0 Å². The molecule has 2 rings (SSSR count). The molecular weight excluding hydrogens is 290 g/mol. The summed E-state index contributed by atoms with van der Waals surface area (Å²) in [5.74, 6) is -1.14. The van der Waals surface area contributed by atoms with Gasteiger partial charge < -0.3 is 15.8 Å². The fourth-order valence-corrected chi connectivity index (χ4v) is 2.40. The molecule has 1 aliphatic rings. The number of anilines is 1. The normalized spacial score (nSPS) is 14.5. The van der Waals surface area contributed by atoms with Gasteiger partial charge in [-0.05, 0) is 18.9 Å². The highest BCUT2D eigenvalue weighted by molar-refractivity contribution is 5.96. The van der Waals surface area contributed by atoms with Crippen molar-refractivity contribution in [2.75, 3.05) is 12.3 Å². The third-order valence-corrected chi connectivity index (χ3v) is 3.52. The predicted molar refractivity (Wildman–Crippen MR) is 78.2 cm³/mol. The molecule has 1 aliphatic carbocycles. The van der Waals surface area contributed by atoms with E-state index in [0.29, 0.717) is 0 Å². The fourth-order valence-electron chi connectivity index (χ4n) is 2.40. The van der Waals surface area contributed by atoms with Gasteiger partial charge in [0.1, 0.15) is 0 Å². The molecule has 0 bridgehead atoms. The minimum Gasteiger partial charge on any atom is -0.452 e. The number of esters is 1. The van der Waals surface area contributed by atoms with E-state index in [9.17, 15) is 19.7 Å². The molecule has 1 saturated carbocycles. The molecule has 0 aromatic heterocycles. The molecule has 8 nitrogen and oxygen atoms in total. The molecule has 1 fully saturated rings. The first-order chi connectivity index (χ1) is 10.5. The quantitative estimate of drug-likeness (QED) is 0.366. The summed E-state index contributed by atoms with van der Waals surface area (Å²) in [6.45, 7) is -0.397. The third kappa shape index (κ3) is 3.94. The minimum atomic E-state index is -0.783. The fraction of sp³-hybridized carbons (Fsp3) is 0.429. The van der Waals surface area contributed by atoms with Crippen LogP contribution < -0.4 is 11.1 Å². The zero-order chi connectivity index (χ0) is 16.1. The predicted octanol–water partition coefficient (Wildman–Crippen LogP) is 1.39. The molecule has 0 aliphatic heterocycles. The Bertz CT molecular complexity index is 596. The van der Waals surface area contributed by atoms with Crippen LogP contribution in [0.25, 0.3) is 0 Å². The van der Waals surface area contributed by atoms with Gasteiger partial charge in [-0.2, -0.15) is 0 Å². The van der Waals surface area contributed by atoms with E-state index >= 15 is 0 Å². The van der Waals surface area contributed by atoms with Crippen molar-refractivity contribution in [1.29, 1.82) is 0 Å². The van der Waals surface area contributed by atoms with E-state index in [1.54, 1.807) is 0 Å². The summed E-state index contributed by atoms with van der Waals surface area (Å²) in [4.78, 5) is 33.5. The second-order valence-electron chi connectivity index (χ2n) is 5.15. The summed E-state index contributed by atoms with van der Waals surface area (Å²) in [6.07, 6.45) is 4.05. The topological polar surface area (TPSA) is 125 Å². The van der Waals surface area contributed by atoms with Crippen molar-refractivity contribution in [1.82, 2.24) is 5.32 Å². The highest BCUT2D eigenvalue weighted by atomic mass is 16.6. The van der Waals surface area contributed by atoms with Crippen LogP contribution in [0.1, 0.15) is 36.0 Å². The number of carbonyl (C=O) groups is 2. The Kier molecular flexibility index (Phi) is 4.92. The number of nitrogens with two attached hydrogens (primary N) is 1. The number of non-ortho nitro benzene ring substituents is 1. The van der Waals surface area contributed by atoms with E-state index in [-0.39, 0.29) is 28.9 Å². The molecule has 22 heavy (non-hydrogen) atoms. The summed E-state index contributed by atoms with van der Waals surface area (Å²) >= 11 is 0. The van der Waals surface area contributed by atoms with E-state index in [0.717, 1.165) is 37.8 Å². The number of hydrogen-bond donors (Lipinski definition) is 2. The Morgan fingerprint density at radius 3 is 2.64 bits per heavy atom. The van der Waals surface area contributed by atoms with Gasteiger partial charge >= 0.3 is 5.97 Å². The summed E-state index contributed by atoms with van der Waals surface area (Å²) < 4.78 is 4.88. The van der Waals surface area contributed by atoms with Crippen LogP contribution in [0, 0.1) is 10.1 Å². The Morgan fingerprint density at radius 2 is 2.05 bits per heavy atom. The molecule has 118 valence electrons. The number of carbonyl (C=O) groups excluding carboxylic acids is 2. The second-order valence-corrected chi connectivity index (χ2v) is 5.15. The summed E-state index contributed by atoms with van der Waals surface area (Å²) in [7, 11) is 0. The Labute approximate surface area is 126 Å². The van der Waals surface area contributed by atoms with Gasteiger partial charge in [-0.1, -0.05) is 12.8 Å². The molecule has 0 unspecified atom stereocenters. The molecule has 8 heteroatoms. The first-order valence-electron chi connectivity index (χ1n) is 6.98. The van der Waals surface area contributed by atoms with Crippen LogP contribution in [-0.2, 0) is 9.53 Å². The molecule has 1 amide bonds. The maximum Gasteiger partial charge on any atom is 0.340 e. The molecule has 1 aromatic rings. The molecule has 3 N–H and O–H groups in total. The van der Waals surface area contributed by atoms with E-state index in [4.69, 9.17) is 10.5 Å². The lowest BCUT2D eigenvalue weighted by molar-refractivity contribution is -0.384. The number of nitro benzene ring substituents is 1. The third-order valence-electron chi connectivity index (χ3n) is 3.52. The van der Waals surface area contributed by atoms with Crippen molar-refractivity contribution < 1.29 is 19.2 Å². The van der Waals surface area contributed by atoms with E-state index in [1.807, 2.05) is 0 Å². The highest BCUT2D eigenvalue weighted by Crippen LogP contribution is 2.20. The van der Waals surface area contributed by atoms with Crippen molar-refractivity contribution >= 4 is 23.3 Å². The number of nitrogens with zero attached hydrogens (tertiary/aromatic N) is 1. The zero-order valence-corrected chi connectivity index (χ0v) is 11.9. The Hall–Kier alpha value is -2.64. The molecule has 0 spiro atoms. The Morgan fingerprint density at radius 1 is 1.36 bits per heavy atom. The first kappa shape index (κ1) is 15.7. The number of nitrogens with one attached hydrogen (secondary N) is 1. The van der Waals surface area contributed by atoms with Crippen LogP contribution in [0.2, 0.25) is 0 Å². The highest BCUT2D eigenvalue weighted by Gasteiger charge is 2.19. The molecule has 0 heterocycles. The van der Waals surface area contributed by atoms with Gasteiger partial charge in [-0.25, -0.2) is 4.79 Å². The van der Waals surface area contributed by atoms with Crippen molar-refractivity contribution in [2.24, 2.45) is 0 Å². The maximum absolute atomic E-state index is 11.8. The second kappa shape index (κ2) is 6.88. The average molecular weight is 307 g/mol. The molecular formula is C14H17N3O5. The van der Waals surface area contributed by atoms with Crippen molar-refractivity contribution in [3.8, 4) is 0 Å². The molecule has 0 saturated heterocycles. The first-order valence-corrected chi connectivity index (χ1v) is 6.98. The van der Waals surface area contributed by atoms with Gasteiger partial charge in [0, 0.05) is 18.2 Å². The van der Waals surface area contributed by atoms with Crippen molar-refractivity contribution in [3.05, 3.63) is 33.9 Å². The van der Waals surface area contributed by atoms with Gasteiger partial charge in [0.05, 0.1) is 16.2 Å². The van der Waals surface area contributed by atoms with Gasteiger partial charge in [-0.3, -0.25) is 14.9 Å². The molecule has 0 radical (unpaired) electrons. The summed E-state index contributed by atoms with van der Waals surface area (Å²) in [6, 6.07) is 3.60. The summed E-state index contributed by atoms with van der Waals surface area (Å²) in [5, 5.41) is 13.4. The lowest BCUT2D eigenvalue weighted by Gasteiger charge is -2.12. The zero-order valence-electron chi connectivity index (χ0n) is 11.9. The van der Waals surface area contributed by atoms with Crippen LogP contribution in [0.4, 0.5) is 11.4 Å². The van der Waals surface area contributed by atoms with Crippen LogP contribution in [-0.4, -0.2) is 29.4 Å². The number of nitrogen functional groups attached to an aromatic ring is 1. The van der Waals surface area contributed by atoms with E-state index < -0.39 is 17.5 Å². The number of ether oxygens (including phenoxy) is 1. The molecule has 0 atom stereocenters. The Balaban J connectivity index is 1.89. The monoisotopic (exact) mass is 307 g/mol. The van der Waals surface area contributed by atoms with Crippen LogP contribution in [0.15, 0.2) is 18.2 Å². The van der Waals surface area contributed by atoms with Gasteiger partial charge in [0.25, 0.3) is 11.6 Å². The van der Waals surface area contributed by atoms with Crippen molar-refractivity contribution in [2.45, 2.75) is 31.7 Å². The van der Waals surface area contributed by atoms with Gasteiger partial charge in [0.2, 0.25) is 0 Å². The average Bonchev–Trinajstić information content (AvgIpc) is 2.97. The lowest BCUT2D eigenvalue weighted by Crippen LogP contribution is -2.35. The minimum absolute atomic E-state index is 0.000679.